The first-order valence-electron chi connectivity index (χ1n) is 8.25. The van der Waals surface area contributed by atoms with Crippen molar-refractivity contribution in [3.8, 4) is 0 Å². The van der Waals surface area contributed by atoms with Gasteiger partial charge in [-0.15, -0.1) is 0 Å². The molecule has 1 fully saturated rings. The number of aromatic nitrogens is 2. The van der Waals surface area contributed by atoms with Crippen LogP contribution in [0.15, 0.2) is 24.3 Å². The number of alkyl halides is 3. The zero-order valence-corrected chi connectivity index (χ0v) is 15.9. The van der Waals surface area contributed by atoms with E-state index in [1.807, 2.05) is 12.1 Å². The van der Waals surface area contributed by atoms with Crippen LogP contribution in [0.3, 0.4) is 0 Å². The molecule has 0 bridgehead atoms. The van der Waals surface area contributed by atoms with E-state index >= 15 is 0 Å². The molecule has 1 aliphatic rings. The van der Waals surface area contributed by atoms with Crippen LogP contribution in [0.25, 0.3) is 0 Å². The van der Waals surface area contributed by atoms with Crippen molar-refractivity contribution in [3.05, 3.63) is 45.7 Å². The fraction of sp³-hybridized carbons (Fsp3) is 0.412. The molecule has 146 valence electrons. The number of rotatable bonds is 3. The second kappa shape index (κ2) is 7.59. The summed E-state index contributed by atoms with van der Waals surface area (Å²) < 4.78 is 40.2. The third-order valence-corrected chi connectivity index (χ3v) is 5.14. The number of halogens is 5. The quantitative estimate of drug-likeness (QED) is 0.756. The number of carbonyl (C=O) groups excluding carboxylic acids is 1. The molecule has 27 heavy (non-hydrogen) atoms. The Balaban J connectivity index is 1.65. The summed E-state index contributed by atoms with van der Waals surface area (Å²) in [5.74, 6) is -0.421. The highest BCUT2D eigenvalue weighted by Crippen LogP contribution is 2.36. The smallest absolute Gasteiger partial charge is 0.368 e. The monoisotopic (exact) mass is 420 g/mol. The first-order chi connectivity index (χ1) is 12.7. The molecule has 0 saturated carbocycles. The minimum Gasteiger partial charge on any atom is -0.368 e. The molecule has 0 spiro atoms. The summed E-state index contributed by atoms with van der Waals surface area (Å²) in [5, 5.41) is 3.95. The maximum absolute atomic E-state index is 13.2. The molecule has 1 aliphatic heterocycles. The van der Waals surface area contributed by atoms with Crippen LogP contribution in [-0.2, 0) is 17.5 Å². The average Bonchev–Trinajstić information content (AvgIpc) is 2.89. The highest BCUT2D eigenvalue weighted by Gasteiger charge is 2.39. The second-order valence-corrected chi connectivity index (χ2v) is 7.06. The molecule has 2 heterocycles. The van der Waals surface area contributed by atoms with Crippen LogP contribution >= 0.6 is 23.2 Å². The van der Waals surface area contributed by atoms with Gasteiger partial charge in [0.2, 0.25) is 5.91 Å². The summed E-state index contributed by atoms with van der Waals surface area (Å²) in [4.78, 5) is 16.1. The number of hydrogen-bond acceptors (Lipinski definition) is 3. The van der Waals surface area contributed by atoms with Gasteiger partial charge in [-0.05, 0) is 31.2 Å². The predicted octanol–water partition coefficient (Wildman–Crippen LogP) is 3.87. The minimum absolute atomic E-state index is 0.0457. The molecular formula is C17H17Cl2F3N4O. The summed E-state index contributed by atoms with van der Waals surface area (Å²) in [6.07, 6.45) is -4.67. The van der Waals surface area contributed by atoms with Crippen molar-refractivity contribution in [2.24, 2.45) is 0 Å². The lowest BCUT2D eigenvalue weighted by molar-refractivity contribution is -0.145. The van der Waals surface area contributed by atoms with Gasteiger partial charge in [0.15, 0.2) is 5.69 Å². The summed E-state index contributed by atoms with van der Waals surface area (Å²) in [5.41, 5.74) is -0.0560. The lowest BCUT2D eigenvalue weighted by Gasteiger charge is -2.36. The van der Waals surface area contributed by atoms with Crippen molar-refractivity contribution < 1.29 is 18.0 Å². The Morgan fingerprint density at radius 1 is 1.11 bits per heavy atom. The fourth-order valence-corrected chi connectivity index (χ4v) is 3.41. The van der Waals surface area contributed by atoms with Gasteiger partial charge in [0.05, 0.1) is 10.7 Å². The third-order valence-electron chi connectivity index (χ3n) is 4.43. The van der Waals surface area contributed by atoms with Crippen molar-refractivity contribution in [1.29, 1.82) is 0 Å². The molecule has 2 aromatic rings. The van der Waals surface area contributed by atoms with Crippen LogP contribution in [0.1, 0.15) is 11.4 Å². The number of nitrogens with zero attached hydrogens (tertiary/aromatic N) is 4. The molecule has 1 aromatic heterocycles. The van der Waals surface area contributed by atoms with Gasteiger partial charge in [-0.1, -0.05) is 23.2 Å². The van der Waals surface area contributed by atoms with E-state index in [2.05, 4.69) is 10.00 Å². The molecule has 3 rings (SSSR count). The highest BCUT2D eigenvalue weighted by molar-refractivity contribution is 6.32. The van der Waals surface area contributed by atoms with E-state index in [0.717, 1.165) is 5.69 Å². The van der Waals surface area contributed by atoms with Gasteiger partial charge in [0.1, 0.15) is 6.54 Å². The number of amides is 1. The van der Waals surface area contributed by atoms with E-state index in [1.54, 1.807) is 12.1 Å². The molecule has 1 aromatic carbocycles. The molecule has 0 N–H and O–H groups in total. The molecule has 0 aliphatic carbocycles. The predicted molar refractivity (Wildman–Crippen MR) is 97.2 cm³/mol. The Kier molecular flexibility index (Phi) is 5.58. The molecule has 1 saturated heterocycles. The van der Waals surface area contributed by atoms with Crippen LogP contribution in [0, 0.1) is 6.92 Å². The topological polar surface area (TPSA) is 41.4 Å². The normalized spacial score (nSPS) is 15.3. The Hall–Kier alpha value is -1.93. The van der Waals surface area contributed by atoms with E-state index in [-0.39, 0.29) is 5.69 Å². The number of benzene rings is 1. The minimum atomic E-state index is -4.67. The molecule has 0 atom stereocenters. The summed E-state index contributed by atoms with van der Waals surface area (Å²) in [6.45, 7) is 2.87. The van der Waals surface area contributed by atoms with Gasteiger partial charge in [-0.3, -0.25) is 4.79 Å². The largest absolute Gasteiger partial charge is 0.434 e. The highest BCUT2D eigenvalue weighted by atomic mass is 35.5. The van der Waals surface area contributed by atoms with Gasteiger partial charge in [0.25, 0.3) is 0 Å². The Morgan fingerprint density at radius 2 is 1.70 bits per heavy atom. The van der Waals surface area contributed by atoms with Gasteiger partial charge in [-0.2, -0.15) is 18.3 Å². The number of aryl methyl sites for hydroxylation is 1. The number of anilines is 1. The van der Waals surface area contributed by atoms with Crippen LogP contribution in [0.2, 0.25) is 10.0 Å². The van der Waals surface area contributed by atoms with Crippen LogP contribution in [0.4, 0.5) is 18.9 Å². The molecule has 5 nitrogen and oxygen atoms in total. The van der Waals surface area contributed by atoms with E-state index < -0.39 is 29.3 Å². The third kappa shape index (κ3) is 4.32. The summed E-state index contributed by atoms with van der Waals surface area (Å²) in [7, 11) is 0. The van der Waals surface area contributed by atoms with Crippen LogP contribution in [0.5, 0.6) is 0 Å². The zero-order chi connectivity index (χ0) is 19.8. The average molecular weight is 421 g/mol. The van der Waals surface area contributed by atoms with E-state index in [1.165, 1.54) is 11.8 Å². The van der Waals surface area contributed by atoms with Crippen molar-refractivity contribution in [2.45, 2.75) is 19.6 Å². The van der Waals surface area contributed by atoms with E-state index in [4.69, 9.17) is 23.2 Å². The van der Waals surface area contributed by atoms with Gasteiger partial charge in [0, 0.05) is 36.9 Å². The Morgan fingerprint density at radius 3 is 2.26 bits per heavy atom. The first-order valence-corrected chi connectivity index (χ1v) is 9.01. The van der Waals surface area contributed by atoms with Gasteiger partial charge >= 0.3 is 6.18 Å². The van der Waals surface area contributed by atoms with Crippen molar-refractivity contribution in [2.75, 3.05) is 31.1 Å². The molecule has 1 amide bonds. The Labute approximate surface area is 164 Å². The zero-order valence-electron chi connectivity index (χ0n) is 14.4. The number of hydrogen-bond donors (Lipinski definition) is 0. The van der Waals surface area contributed by atoms with Crippen molar-refractivity contribution >= 4 is 34.8 Å². The van der Waals surface area contributed by atoms with Gasteiger partial charge < -0.3 is 9.80 Å². The fourth-order valence-electron chi connectivity index (χ4n) is 3.04. The maximum Gasteiger partial charge on any atom is 0.434 e. The first kappa shape index (κ1) is 19.8. The molecule has 0 radical (unpaired) electrons. The van der Waals surface area contributed by atoms with Crippen LogP contribution < -0.4 is 4.90 Å². The second-order valence-electron chi connectivity index (χ2n) is 6.25. The van der Waals surface area contributed by atoms with E-state index in [9.17, 15) is 18.0 Å². The van der Waals surface area contributed by atoms with Crippen molar-refractivity contribution in [1.82, 2.24) is 14.7 Å². The summed E-state index contributed by atoms with van der Waals surface area (Å²) >= 11 is 11.6. The van der Waals surface area contributed by atoms with Gasteiger partial charge in [-0.25, -0.2) is 4.68 Å². The molecular weight excluding hydrogens is 404 g/mol. The van der Waals surface area contributed by atoms with E-state index in [0.29, 0.717) is 35.9 Å². The number of piperazine rings is 1. The lowest BCUT2D eigenvalue weighted by Crippen LogP contribution is -2.49. The molecule has 0 unspecified atom stereocenters. The Bertz CT molecular complexity index is 828. The maximum atomic E-state index is 13.2. The van der Waals surface area contributed by atoms with Crippen molar-refractivity contribution in [3.63, 3.8) is 0 Å². The number of carbonyl (C=O) groups is 1. The standard InChI is InChI=1S/C17H17Cl2F3N4O/c1-11-15(19)16(17(20,21)22)26(23-11)10-14(27)25-8-6-24(7-9-25)13-4-2-12(18)3-5-13/h2-5H,6-10H2,1H3. The lowest BCUT2D eigenvalue weighted by atomic mass is 10.2. The molecule has 10 heteroatoms. The summed E-state index contributed by atoms with van der Waals surface area (Å²) in [6, 6.07) is 7.36. The van der Waals surface area contributed by atoms with Crippen LogP contribution in [-0.4, -0.2) is 46.8 Å². The SMILES string of the molecule is Cc1nn(CC(=O)N2CCN(c3ccc(Cl)cc3)CC2)c(C(F)(F)F)c1Cl.